The van der Waals surface area contributed by atoms with Gasteiger partial charge in [-0.1, -0.05) is 13.8 Å². The van der Waals surface area contributed by atoms with Gasteiger partial charge >= 0.3 is 0 Å². The highest BCUT2D eigenvalue weighted by Gasteiger charge is 1.82. The summed E-state index contributed by atoms with van der Waals surface area (Å²) in [6.07, 6.45) is 0. The summed E-state index contributed by atoms with van der Waals surface area (Å²) in [5.74, 6) is 0.530. The smallest absolute Gasteiger partial charge is 0.120 e. The highest BCUT2D eigenvalue weighted by Crippen LogP contribution is 1.65. The monoisotopic (exact) mass is 132 g/mol. The predicted molar refractivity (Wildman–Crippen MR) is 40.8 cm³/mol. The highest BCUT2D eigenvalue weighted by molar-refractivity contribution is 5.81. The normalized spacial score (nSPS) is 10.0. The Balaban J connectivity index is 0. The summed E-state index contributed by atoms with van der Waals surface area (Å²) in [5, 5.41) is 0. The molecule has 0 heterocycles. The lowest BCUT2D eigenvalue weighted by Crippen LogP contribution is -2.17. The number of hydrogen-bond acceptors (Lipinski definition) is 2. The van der Waals surface area contributed by atoms with Crippen LogP contribution in [0, 0.1) is 0 Å². The van der Waals surface area contributed by atoms with Crippen molar-refractivity contribution in [2.75, 3.05) is 20.8 Å². The molecule has 2 N–H and O–H groups in total. The molecule has 0 saturated carbocycles. The van der Waals surface area contributed by atoms with Gasteiger partial charge in [0.1, 0.15) is 12.4 Å². The summed E-state index contributed by atoms with van der Waals surface area (Å²) in [4.78, 5) is 3.65. The zero-order valence-corrected chi connectivity index (χ0v) is 6.64. The summed E-state index contributed by atoms with van der Waals surface area (Å²) in [5.41, 5.74) is 5.21. The molecule has 0 fully saturated rings. The minimum absolute atomic E-state index is 0.427. The summed E-state index contributed by atoms with van der Waals surface area (Å²) in [7, 11) is 3.21. The van der Waals surface area contributed by atoms with Crippen LogP contribution in [0.1, 0.15) is 13.8 Å². The van der Waals surface area contributed by atoms with Crippen LogP contribution in [0.15, 0.2) is 4.99 Å². The van der Waals surface area contributed by atoms with Gasteiger partial charge in [-0.25, -0.2) is 0 Å². The lowest BCUT2D eigenvalue weighted by molar-refractivity contribution is 0.244. The van der Waals surface area contributed by atoms with Crippen molar-refractivity contribution in [1.82, 2.24) is 0 Å². The number of amidine groups is 1. The molecule has 0 atom stereocenters. The molecule has 0 aliphatic carbocycles. The van der Waals surface area contributed by atoms with Crippen LogP contribution in [0.2, 0.25) is 0 Å². The summed E-state index contributed by atoms with van der Waals surface area (Å²) >= 11 is 0. The standard InChI is InChI=1S/C4H10N2O.C2H6/c1-6-4(5)3-7-2;1-2/h3H2,1-2H3,(H2,5,6);1-2H3. The van der Waals surface area contributed by atoms with E-state index < -0.39 is 0 Å². The number of hydrogen-bond donors (Lipinski definition) is 1. The molecule has 3 nitrogen and oxygen atoms in total. The van der Waals surface area contributed by atoms with Crippen molar-refractivity contribution in [3.8, 4) is 0 Å². The minimum Gasteiger partial charge on any atom is -0.386 e. The molecular formula is C6H16N2O. The van der Waals surface area contributed by atoms with Gasteiger partial charge in [-0.2, -0.15) is 0 Å². The van der Waals surface area contributed by atoms with Gasteiger partial charge in [0.25, 0.3) is 0 Å². The SMILES string of the molecule is CC.CN=C(N)COC. The van der Waals surface area contributed by atoms with Crippen molar-refractivity contribution in [3.63, 3.8) is 0 Å². The van der Waals surface area contributed by atoms with Crippen molar-refractivity contribution in [1.29, 1.82) is 0 Å². The Morgan fingerprint density at radius 2 is 2.00 bits per heavy atom. The van der Waals surface area contributed by atoms with E-state index in [4.69, 9.17) is 5.73 Å². The van der Waals surface area contributed by atoms with Gasteiger partial charge in [-0.15, -0.1) is 0 Å². The number of nitrogens with two attached hydrogens (primary N) is 1. The minimum atomic E-state index is 0.427. The predicted octanol–water partition coefficient (Wildman–Crippen LogP) is 0.646. The van der Waals surface area contributed by atoms with E-state index in [2.05, 4.69) is 9.73 Å². The Hall–Kier alpha value is -0.570. The van der Waals surface area contributed by atoms with Crippen LogP contribution in [0.25, 0.3) is 0 Å². The van der Waals surface area contributed by atoms with Crippen molar-refractivity contribution in [2.45, 2.75) is 13.8 Å². The molecular weight excluding hydrogens is 116 g/mol. The fraction of sp³-hybridized carbons (Fsp3) is 0.833. The molecule has 3 heteroatoms. The summed E-state index contributed by atoms with van der Waals surface area (Å²) in [6, 6.07) is 0. The second-order valence-electron chi connectivity index (χ2n) is 1.15. The number of aliphatic imine (C=N–C) groups is 1. The third-order valence-corrected chi connectivity index (χ3v) is 0.579. The third-order valence-electron chi connectivity index (χ3n) is 0.579. The first-order valence-corrected chi connectivity index (χ1v) is 3.01. The van der Waals surface area contributed by atoms with Crippen molar-refractivity contribution < 1.29 is 4.74 Å². The number of methoxy groups -OCH3 is 1. The number of rotatable bonds is 2. The lowest BCUT2D eigenvalue weighted by Gasteiger charge is -1.92. The molecule has 0 saturated heterocycles. The third kappa shape index (κ3) is 11.2. The summed E-state index contributed by atoms with van der Waals surface area (Å²) < 4.78 is 4.64. The van der Waals surface area contributed by atoms with Crippen LogP contribution in [0.5, 0.6) is 0 Å². The van der Waals surface area contributed by atoms with E-state index in [9.17, 15) is 0 Å². The average Bonchev–Trinajstić information content (AvgIpc) is 1.93. The van der Waals surface area contributed by atoms with Crippen LogP contribution < -0.4 is 5.73 Å². The Bertz CT molecular complexity index is 71.5. The number of ether oxygens (including phenoxy) is 1. The molecule has 0 bridgehead atoms. The van der Waals surface area contributed by atoms with Gasteiger partial charge < -0.3 is 10.5 Å². The van der Waals surface area contributed by atoms with E-state index in [1.807, 2.05) is 13.8 Å². The quantitative estimate of drug-likeness (QED) is 0.443. The Morgan fingerprint density at radius 3 is 2.11 bits per heavy atom. The zero-order valence-electron chi connectivity index (χ0n) is 6.64. The fourth-order valence-corrected chi connectivity index (χ4v) is 0.212. The van der Waals surface area contributed by atoms with E-state index in [1.165, 1.54) is 0 Å². The van der Waals surface area contributed by atoms with Gasteiger partial charge in [0.15, 0.2) is 0 Å². The number of nitrogens with zero attached hydrogens (tertiary/aromatic N) is 1. The van der Waals surface area contributed by atoms with E-state index in [1.54, 1.807) is 14.2 Å². The molecule has 0 aliphatic rings. The van der Waals surface area contributed by atoms with E-state index >= 15 is 0 Å². The van der Waals surface area contributed by atoms with E-state index in [0.717, 1.165) is 0 Å². The highest BCUT2D eigenvalue weighted by atomic mass is 16.5. The van der Waals surface area contributed by atoms with Crippen molar-refractivity contribution >= 4 is 5.84 Å². The summed E-state index contributed by atoms with van der Waals surface area (Å²) in [6.45, 7) is 4.43. The molecule has 0 rings (SSSR count). The molecule has 56 valence electrons. The van der Waals surface area contributed by atoms with Gasteiger partial charge in [-0.05, 0) is 0 Å². The van der Waals surface area contributed by atoms with Crippen LogP contribution >= 0.6 is 0 Å². The Kier molecular flexibility index (Phi) is 13.0. The molecule has 0 aromatic carbocycles. The Morgan fingerprint density at radius 1 is 1.56 bits per heavy atom. The first kappa shape index (κ1) is 11.3. The van der Waals surface area contributed by atoms with Gasteiger partial charge in [0.2, 0.25) is 0 Å². The molecule has 0 spiro atoms. The zero-order chi connectivity index (χ0) is 7.70. The molecule has 0 amide bonds. The first-order chi connectivity index (χ1) is 4.31. The second kappa shape index (κ2) is 10.4. The molecule has 0 aliphatic heterocycles. The maximum absolute atomic E-state index is 5.21. The van der Waals surface area contributed by atoms with Crippen LogP contribution in [0.4, 0.5) is 0 Å². The topological polar surface area (TPSA) is 47.6 Å². The van der Waals surface area contributed by atoms with Crippen LogP contribution in [0.3, 0.4) is 0 Å². The van der Waals surface area contributed by atoms with Crippen LogP contribution in [-0.4, -0.2) is 26.6 Å². The largest absolute Gasteiger partial charge is 0.386 e. The fourth-order valence-electron chi connectivity index (χ4n) is 0.212. The van der Waals surface area contributed by atoms with Crippen molar-refractivity contribution in [2.24, 2.45) is 10.7 Å². The maximum atomic E-state index is 5.21. The Labute approximate surface area is 56.9 Å². The molecule has 9 heavy (non-hydrogen) atoms. The maximum Gasteiger partial charge on any atom is 0.120 e. The average molecular weight is 132 g/mol. The van der Waals surface area contributed by atoms with E-state index in [0.29, 0.717) is 12.4 Å². The second-order valence-corrected chi connectivity index (χ2v) is 1.15. The van der Waals surface area contributed by atoms with E-state index in [-0.39, 0.29) is 0 Å². The first-order valence-electron chi connectivity index (χ1n) is 3.01. The lowest BCUT2D eigenvalue weighted by atomic mass is 10.6. The molecule has 0 aromatic heterocycles. The molecule has 0 radical (unpaired) electrons. The van der Waals surface area contributed by atoms with Crippen molar-refractivity contribution in [3.05, 3.63) is 0 Å². The van der Waals surface area contributed by atoms with Gasteiger partial charge in [0.05, 0.1) is 0 Å². The molecule has 0 unspecified atom stereocenters. The van der Waals surface area contributed by atoms with Gasteiger partial charge in [-0.3, -0.25) is 4.99 Å². The molecule has 0 aromatic rings. The van der Waals surface area contributed by atoms with Crippen LogP contribution in [-0.2, 0) is 4.74 Å². The van der Waals surface area contributed by atoms with Gasteiger partial charge in [0, 0.05) is 14.2 Å².